The molecule has 0 saturated carbocycles. The Morgan fingerprint density at radius 1 is 1.32 bits per heavy atom. The van der Waals surface area contributed by atoms with Crippen LogP contribution in [0.15, 0.2) is 12.4 Å². The van der Waals surface area contributed by atoms with Gasteiger partial charge in [-0.2, -0.15) is 0 Å². The van der Waals surface area contributed by atoms with E-state index in [1.165, 1.54) is 6.20 Å². The lowest BCUT2D eigenvalue weighted by Gasteiger charge is -2.25. The summed E-state index contributed by atoms with van der Waals surface area (Å²) in [5, 5.41) is 3.15. The van der Waals surface area contributed by atoms with Gasteiger partial charge >= 0.3 is 0 Å². The summed E-state index contributed by atoms with van der Waals surface area (Å²) in [5.41, 5.74) is 0.406. The summed E-state index contributed by atoms with van der Waals surface area (Å²) in [6.45, 7) is 9.74. The second-order valence-corrected chi connectivity index (χ2v) is 4.81. The van der Waals surface area contributed by atoms with Gasteiger partial charge in [0.05, 0.1) is 12.4 Å². The third-order valence-corrected chi connectivity index (χ3v) is 2.76. The fourth-order valence-corrected chi connectivity index (χ4v) is 1.79. The van der Waals surface area contributed by atoms with E-state index in [4.69, 9.17) is 0 Å². The zero-order chi connectivity index (χ0) is 14.3. The summed E-state index contributed by atoms with van der Waals surface area (Å²) in [4.78, 5) is 22.6. The molecule has 0 spiro atoms. The first-order chi connectivity index (χ1) is 9.10. The van der Waals surface area contributed by atoms with Crippen LogP contribution in [0.4, 0.5) is 5.82 Å². The minimum Gasteiger partial charge on any atom is -0.369 e. The maximum Gasteiger partial charge on any atom is 0.274 e. The van der Waals surface area contributed by atoms with Crippen LogP contribution in [-0.4, -0.2) is 39.9 Å². The van der Waals surface area contributed by atoms with Crippen molar-refractivity contribution in [2.24, 2.45) is 0 Å². The van der Waals surface area contributed by atoms with Crippen LogP contribution in [-0.2, 0) is 0 Å². The fourth-order valence-electron chi connectivity index (χ4n) is 1.79. The van der Waals surface area contributed by atoms with Crippen LogP contribution in [0.5, 0.6) is 0 Å². The van der Waals surface area contributed by atoms with Gasteiger partial charge in [-0.1, -0.05) is 13.8 Å². The molecule has 19 heavy (non-hydrogen) atoms. The van der Waals surface area contributed by atoms with Gasteiger partial charge in [-0.3, -0.25) is 9.78 Å². The van der Waals surface area contributed by atoms with Gasteiger partial charge < -0.3 is 10.2 Å². The van der Waals surface area contributed by atoms with Gasteiger partial charge in [0.15, 0.2) is 0 Å². The van der Waals surface area contributed by atoms with E-state index in [1.807, 2.05) is 18.7 Å². The lowest BCUT2D eigenvalue weighted by Crippen LogP contribution is -2.38. The SMILES string of the molecule is CCCNc1cncc(C(=O)N(CCC)C(C)C)n1. The molecule has 5 nitrogen and oxygen atoms in total. The Morgan fingerprint density at radius 2 is 2.05 bits per heavy atom. The third-order valence-electron chi connectivity index (χ3n) is 2.76. The molecule has 0 bridgehead atoms. The molecule has 106 valence electrons. The second-order valence-electron chi connectivity index (χ2n) is 4.81. The Labute approximate surface area is 115 Å². The minimum atomic E-state index is -0.0514. The zero-order valence-corrected chi connectivity index (χ0v) is 12.3. The highest BCUT2D eigenvalue weighted by molar-refractivity contribution is 5.92. The second kappa shape index (κ2) is 7.71. The largest absolute Gasteiger partial charge is 0.369 e. The molecule has 1 rings (SSSR count). The van der Waals surface area contributed by atoms with Gasteiger partial charge in [0.2, 0.25) is 0 Å². The topological polar surface area (TPSA) is 58.1 Å². The van der Waals surface area contributed by atoms with Crippen molar-refractivity contribution in [2.75, 3.05) is 18.4 Å². The molecule has 5 heteroatoms. The predicted octanol–water partition coefficient (Wildman–Crippen LogP) is 2.56. The minimum absolute atomic E-state index is 0.0514. The van der Waals surface area contributed by atoms with Crippen LogP contribution >= 0.6 is 0 Å². The van der Waals surface area contributed by atoms with Crippen LogP contribution in [0.1, 0.15) is 51.0 Å². The van der Waals surface area contributed by atoms with E-state index in [1.54, 1.807) is 6.20 Å². The summed E-state index contributed by atoms with van der Waals surface area (Å²) in [5.74, 6) is 0.609. The number of nitrogens with zero attached hydrogens (tertiary/aromatic N) is 3. The molecular formula is C14H24N4O. The molecule has 1 aromatic heterocycles. The standard InChI is InChI=1S/C14H24N4O/c1-5-7-16-13-10-15-9-12(17-13)14(19)18(8-6-2)11(3)4/h9-11H,5-8H2,1-4H3,(H,16,17). The van der Waals surface area contributed by atoms with Crippen molar-refractivity contribution in [2.45, 2.75) is 46.6 Å². The lowest BCUT2D eigenvalue weighted by molar-refractivity contribution is 0.0699. The third kappa shape index (κ3) is 4.50. The smallest absolute Gasteiger partial charge is 0.274 e. The molecule has 0 aliphatic rings. The molecule has 0 saturated heterocycles. The van der Waals surface area contributed by atoms with Crippen molar-refractivity contribution in [3.8, 4) is 0 Å². The molecule has 1 aromatic rings. The number of aromatic nitrogens is 2. The summed E-state index contributed by atoms with van der Waals surface area (Å²) < 4.78 is 0. The molecule has 1 amide bonds. The van der Waals surface area contributed by atoms with Crippen molar-refractivity contribution in [1.29, 1.82) is 0 Å². The van der Waals surface area contributed by atoms with E-state index in [0.717, 1.165) is 25.9 Å². The summed E-state index contributed by atoms with van der Waals surface area (Å²) in [7, 11) is 0. The normalized spacial score (nSPS) is 10.6. The van der Waals surface area contributed by atoms with Crippen molar-refractivity contribution < 1.29 is 4.79 Å². The van der Waals surface area contributed by atoms with E-state index < -0.39 is 0 Å². The molecule has 0 aliphatic carbocycles. The average Bonchev–Trinajstić information content (AvgIpc) is 2.41. The molecule has 0 aromatic carbocycles. The Bertz CT molecular complexity index is 406. The predicted molar refractivity (Wildman–Crippen MR) is 77.3 cm³/mol. The van der Waals surface area contributed by atoms with E-state index in [0.29, 0.717) is 11.5 Å². The first-order valence-corrected chi connectivity index (χ1v) is 6.97. The molecule has 0 unspecified atom stereocenters. The Kier molecular flexibility index (Phi) is 6.25. The van der Waals surface area contributed by atoms with E-state index in [2.05, 4.69) is 29.1 Å². The summed E-state index contributed by atoms with van der Waals surface area (Å²) in [6.07, 6.45) is 5.12. The van der Waals surface area contributed by atoms with E-state index in [-0.39, 0.29) is 11.9 Å². The number of hydrogen-bond donors (Lipinski definition) is 1. The molecular weight excluding hydrogens is 240 g/mol. The van der Waals surface area contributed by atoms with Crippen LogP contribution in [0.25, 0.3) is 0 Å². The quantitative estimate of drug-likeness (QED) is 0.822. The Hall–Kier alpha value is -1.65. The van der Waals surface area contributed by atoms with Gasteiger partial charge in [-0.25, -0.2) is 4.98 Å². The number of hydrogen-bond acceptors (Lipinski definition) is 4. The molecule has 1 heterocycles. The number of carbonyl (C=O) groups excluding carboxylic acids is 1. The lowest BCUT2D eigenvalue weighted by atomic mass is 10.2. The highest BCUT2D eigenvalue weighted by Gasteiger charge is 2.19. The van der Waals surface area contributed by atoms with E-state index >= 15 is 0 Å². The molecule has 0 radical (unpaired) electrons. The first-order valence-electron chi connectivity index (χ1n) is 6.97. The fraction of sp³-hybridized carbons (Fsp3) is 0.643. The molecule has 0 atom stereocenters. The monoisotopic (exact) mass is 264 g/mol. The van der Waals surface area contributed by atoms with Gasteiger partial charge in [0.1, 0.15) is 11.5 Å². The summed E-state index contributed by atoms with van der Waals surface area (Å²) in [6, 6.07) is 0.168. The van der Waals surface area contributed by atoms with Crippen LogP contribution in [0.2, 0.25) is 0 Å². The number of anilines is 1. The number of rotatable bonds is 7. The van der Waals surface area contributed by atoms with E-state index in [9.17, 15) is 4.79 Å². The molecule has 0 fully saturated rings. The highest BCUT2D eigenvalue weighted by Crippen LogP contribution is 2.09. The average molecular weight is 264 g/mol. The number of amides is 1. The van der Waals surface area contributed by atoms with Crippen LogP contribution < -0.4 is 5.32 Å². The number of nitrogens with one attached hydrogen (secondary N) is 1. The van der Waals surface area contributed by atoms with Crippen LogP contribution in [0.3, 0.4) is 0 Å². The van der Waals surface area contributed by atoms with Crippen molar-refractivity contribution in [3.05, 3.63) is 18.1 Å². The van der Waals surface area contributed by atoms with Gasteiger partial charge in [-0.15, -0.1) is 0 Å². The Balaban J connectivity index is 2.85. The van der Waals surface area contributed by atoms with Gasteiger partial charge in [0, 0.05) is 19.1 Å². The van der Waals surface area contributed by atoms with Gasteiger partial charge in [-0.05, 0) is 26.7 Å². The maximum atomic E-state index is 12.4. The van der Waals surface area contributed by atoms with Crippen molar-refractivity contribution >= 4 is 11.7 Å². The van der Waals surface area contributed by atoms with Gasteiger partial charge in [0.25, 0.3) is 5.91 Å². The Morgan fingerprint density at radius 3 is 2.63 bits per heavy atom. The zero-order valence-electron chi connectivity index (χ0n) is 12.3. The van der Waals surface area contributed by atoms with Crippen molar-refractivity contribution in [3.63, 3.8) is 0 Å². The molecule has 0 aliphatic heterocycles. The van der Waals surface area contributed by atoms with Crippen molar-refractivity contribution in [1.82, 2.24) is 14.9 Å². The van der Waals surface area contributed by atoms with Crippen LogP contribution in [0, 0.1) is 0 Å². The summed E-state index contributed by atoms with van der Waals surface area (Å²) >= 11 is 0. The number of carbonyl (C=O) groups is 1. The maximum absolute atomic E-state index is 12.4. The highest BCUT2D eigenvalue weighted by atomic mass is 16.2. The first kappa shape index (κ1) is 15.4. The molecule has 1 N–H and O–H groups in total.